The Hall–Kier alpha value is -2.59. The highest BCUT2D eigenvalue weighted by Gasteiger charge is 2.24. The summed E-state index contributed by atoms with van der Waals surface area (Å²) in [7, 11) is 1.95. The number of nitrogens with one attached hydrogen (secondary N) is 1. The fourth-order valence-corrected chi connectivity index (χ4v) is 3.14. The van der Waals surface area contributed by atoms with Gasteiger partial charge in [0.1, 0.15) is 5.15 Å². The minimum Gasteiger partial charge on any atom is -0.350 e. The molecule has 0 radical (unpaired) electrons. The zero-order chi connectivity index (χ0) is 15.3. The predicted octanol–water partition coefficient (Wildman–Crippen LogP) is 3.72. The second kappa shape index (κ2) is 4.71. The number of aromatic nitrogens is 2. The lowest BCUT2D eigenvalue weighted by molar-refractivity contribution is -0.110. The maximum absolute atomic E-state index is 12.2. The van der Waals surface area contributed by atoms with Gasteiger partial charge in [0.2, 0.25) is 0 Å². The number of anilines is 1. The molecule has 5 heteroatoms. The average Bonchev–Trinajstić information content (AvgIpc) is 2.99. The quantitative estimate of drug-likeness (QED) is 0.550. The van der Waals surface area contributed by atoms with Gasteiger partial charge in [0.05, 0.1) is 5.52 Å². The first-order valence-electron chi connectivity index (χ1n) is 6.87. The minimum absolute atomic E-state index is 0.0989. The highest BCUT2D eigenvalue weighted by atomic mass is 35.5. The summed E-state index contributed by atoms with van der Waals surface area (Å²) < 4.78 is 1.98. The summed E-state index contributed by atoms with van der Waals surface area (Å²) in [6, 6.07) is 9.56. The highest BCUT2D eigenvalue weighted by Crippen LogP contribution is 2.35. The molecule has 0 saturated carbocycles. The van der Waals surface area contributed by atoms with Crippen molar-refractivity contribution in [3.8, 4) is 0 Å². The molecule has 0 unspecified atom stereocenters. The van der Waals surface area contributed by atoms with Crippen molar-refractivity contribution in [2.45, 2.75) is 0 Å². The van der Waals surface area contributed by atoms with Crippen LogP contribution in [0.5, 0.6) is 0 Å². The van der Waals surface area contributed by atoms with Gasteiger partial charge in [-0.3, -0.25) is 4.79 Å². The van der Waals surface area contributed by atoms with E-state index in [-0.39, 0.29) is 5.91 Å². The van der Waals surface area contributed by atoms with E-state index in [9.17, 15) is 4.79 Å². The lowest BCUT2D eigenvalue weighted by atomic mass is 10.0. The first-order chi connectivity index (χ1) is 10.6. The predicted molar refractivity (Wildman–Crippen MR) is 88.7 cm³/mol. The van der Waals surface area contributed by atoms with Crippen LogP contribution in [0.2, 0.25) is 5.15 Å². The summed E-state index contributed by atoms with van der Waals surface area (Å²) in [6.07, 6.45) is 5.51. The fraction of sp³-hybridized carbons (Fsp3) is 0.0588. The number of rotatable bonds is 1. The van der Waals surface area contributed by atoms with E-state index in [4.69, 9.17) is 11.6 Å². The molecule has 3 aromatic rings. The second-order valence-electron chi connectivity index (χ2n) is 5.25. The van der Waals surface area contributed by atoms with Gasteiger partial charge in [-0.25, -0.2) is 4.98 Å². The average molecular weight is 310 g/mol. The molecule has 2 aromatic heterocycles. The normalized spacial score (nSPS) is 15.4. The molecule has 0 aliphatic carbocycles. The summed E-state index contributed by atoms with van der Waals surface area (Å²) in [4.78, 5) is 16.4. The van der Waals surface area contributed by atoms with Crippen molar-refractivity contribution in [3.63, 3.8) is 0 Å². The van der Waals surface area contributed by atoms with E-state index in [2.05, 4.69) is 10.3 Å². The van der Waals surface area contributed by atoms with Gasteiger partial charge in [-0.1, -0.05) is 29.8 Å². The lowest BCUT2D eigenvalue weighted by Gasteiger charge is -1.98. The largest absolute Gasteiger partial charge is 0.350 e. The molecular formula is C17H12ClN3O. The molecule has 0 atom stereocenters. The Morgan fingerprint density at radius 3 is 2.95 bits per heavy atom. The van der Waals surface area contributed by atoms with E-state index >= 15 is 0 Å². The van der Waals surface area contributed by atoms with Crippen LogP contribution in [0, 0.1) is 0 Å². The van der Waals surface area contributed by atoms with Gasteiger partial charge in [-0.05, 0) is 18.2 Å². The third-order valence-corrected chi connectivity index (χ3v) is 4.18. The number of carbonyl (C=O) groups is 1. The molecule has 0 spiro atoms. The number of nitrogens with zero attached hydrogens (tertiary/aromatic N) is 2. The zero-order valence-electron chi connectivity index (χ0n) is 11.8. The van der Waals surface area contributed by atoms with Gasteiger partial charge in [0.15, 0.2) is 0 Å². The Morgan fingerprint density at radius 2 is 2.09 bits per heavy atom. The molecule has 1 aliphatic rings. The molecule has 1 N–H and O–H groups in total. The molecule has 1 amide bonds. The van der Waals surface area contributed by atoms with Crippen LogP contribution in [0.15, 0.2) is 42.7 Å². The van der Waals surface area contributed by atoms with Gasteiger partial charge >= 0.3 is 0 Å². The zero-order valence-corrected chi connectivity index (χ0v) is 12.6. The Bertz CT molecular complexity index is 956. The van der Waals surface area contributed by atoms with Crippen molar-refractivity contribution in [1.29, 1.82) is 0 Å². The van der Waals surface area contributed by atoms with Crippen molar-refractivity contribution < 1.29 is 4.79 Å². The summed E-state index contributed by atoms with van der Waals surface area (Å²) >= 11 is 6.24. The maximum atomic E-state index is 12.2. The van der Waals surface area contributed by atoms with E-state index in [1.807, 2.05) is 54.2 Å². The smallest absolute Gasteiger partial charge is 0.256 e. The van der Waals surface area contributed by atoms with Crippen LogP contribution in [0.3, 0.4) is 0 Å². The van der Waals surface area contributed by atoms with Crippen LogP contribution >= 0.6 is 11.6 Å². The molecule has 22 heavy (non-hydrogen) atoms. The van der Waals surface area contributed by atoms with Crippen LogP contribution < -0.4 is 5.32 Å². The van der Waals surface area contributed by atoms with Crippen molar-refractivity contribution in [1.82, 2.24) is 9.55 Å². The van der Waals surface area contributed by atoms with E-state index < -0.39 is 0 Å². The molecule has 108 valence electrons. The van der Waals surface area contributed by atoms with E-state index in [0.717, 1.165) is 27.7 Å². The molecule has 3 heterocycles. The number of fused-ring (bicyclic) bond motifs is 2. The van der Waals surface area contributed by atoms with Crippen molar-refractivity contribution in [2.24, 2.45) is 7.05 Å². The topological polar surface area (TPSA) is 46.9 Å². The fourth-order valence-electron chi connectivity index (χ4n) is 2.88. The Balaban J connectivity index is 1.96. The van der Waals surface area contributed by atoms with Crippen molar-refractivity contribution in [3.05, 3.63) is 59.0 Å². The molecule has 0 fully saturated rings. The van der Waals surface area contributed by atoms with Crippen LogP contribution in [0.1, 0.15) is 11.1 Å². The van der Waals surface area contributed by atoms with Gasteiger partial charge in [0.25, 0.3) is 5.91 Å². The summed E-state index contributed by atoms with van der Waals surface area (Å²) in [5.74, 6) is -0.0989. The standard InChI is InChI=1S/C17H12ClN3O/c1-21-9-10(15-14(21)6-7-19-16(15)18)8-12-11-4-2-3-5-13(11)20-17(12)22/h2-9H,1H3,(H,20,22). The first-order valence-corrected chi connectivity index (χ1v) is 7.25. The number of hydrogen-bond donors (Lipinski definition) is 1. The number of amides is 1. The number of halogens is 1. The second-order valence-corrected chi connectivity index (χ2v) is 5.61. The third-order valence-electron chi connectivity index (χ3n) is 3.89. The van der Waals surface area contributed by atoms with E-state index in [1.54, 1.807) is 6.20 Å². The monoisotopic (exact) mass is 309 g/mol. The third kappa shape index (κ3) is 1.84. The van der Waals surface area contributed by atoms with E-state index in [1.165, 1.54) is 0 Å². The maximum Gasteiger partial charge on any atom is 0.256 e. The summed E-state index contributed by atoms with van der Waals surface area (Å²) in [5, 5.41) is 4.17. The Morgan fingerprint density at radius 1 is 1.27 bits per heavy atom. The Labute approximate surface area is 132 Å². The molecule has 4 rings (SSSR count). The molecule has 1 aromatic carbocycles. The summed E-state index contributed by atoms with van der Waals surface area (Å²) in [6.45, 7) is 0. The molecule has 0 bridgehead atoms. The molecule has 0 saturated heterocycles. The number of para-hydroxylation sites is 1. The molecule has 4 nitrogen and oxygen atoms in total. The number of hydrogen-bond acceptors (Lipinski definition) is 2. The van der Waals surface area contributed by atoms with Crippen LogP contribution in [0.25, 0.3) is 22.6 Å². The van der Waals surface area contributed by atoms with Gasteiger partial charge in [0, 0.05) is 47.2 Å². The minimum atomic E-state index is -0.0989. The van der Waals surface area contributed by atoms with Crippen molar-refractivity contribution in [2.75, 3.05) is 5.32 Å². The van der Waals surface area contributed by atoms with Crippen LogP contribution in [-0.4, -0.2) is 15.5 Å². The molecule has 1 aliphatic heterocycles. The van der Waals surface area contributed by atoms with Crippen molar-refractivity contribution >= 4 is 45.7 Å². The van der Waals surface area contributed by atoms with Gasteiger partial charge in [-0.15, -0.1) is 0 Å². The number of aryl methyl sites for hydroxylation is 1. The SMILES string of the molecule is Cn1cc(C=C2C(=O)Nc3ccccc32)c2c(Cl)nccc21. The number of carbonyl (C=O) groups excluding carboxylic acids is 1. The number of pyridine rings is 1. The van der Waals surface area contributed by atoms with Gasteiger partial charge < -0.3 is 9.88 Å². The summed E-state index contributed by atoms with van der Waals surface area (Å²) in [5.41, 5.74) is 4.26. The van der Waals surface area contributed by atoms with Crippen LogP contribution in [-0.2, 0) is 11.8 Å². The highest BCUT2D eigenvalue weighted by molar-refractivity contribution is 6.37. The lowest BCUT2D eigenvalue weighted by Crippen LogP contribution is -2.03. The Kier molecular flexibility index (Phi) is 2.81. The van der Waals surface area contributed by atoms with Gasteiger partial charge in [-0.2, -0.15) is 0 Å². The number of benzene rings is 1. The first kappa shape index (κ1) is 13.1. The molecular weight excluding hydrogens is 298 g/mol. The van der Waals surface area contributed by atoms with Crippen LogP contribution in [0.4, 0.5) is 5.69 Å². The van der Waals surface area contributed by atoms with E-state index in [0.29, 0.717) is 10.7 Å².